The minimum Gasteiger partial charge on any atom is -0.466 e. The number of urea groups is 1. The van der Waals surface area contributed by atoms with Gasteiger partial charge in [0.25, 0.3) is 6.01 Å². The Bertz CT molecular complexity index is 1400. The first-order valence-electron chi connectivity index (χ1n) is 14.0. The number of para-hydroxylation sites is 1. The van der Waals surface area contributed by atoms with E-state index in [1.54, 1.807) is 30.0 Å². The number of benzene rings is 2. The van der Waals surface area contributed by atoms with Crippen molar-refractivity contribution in [1.29, 1.82) is 0 Å². The summed E-state index contributed by atoms with van der Waals surface area (Å²) in [5.74, 6) is -0.415. The van der Waals surface area contributed by atoms with Gasteiger partial charge in [-0.15, -0.1) is 0 Å². The zero-order chi connectivity index (χ0) is 28.3. The highest BCUT2D eigenvalue weighted by atomic mass is 19.1. The predicted molar refractivity (Wildman–Crippen MR) is 148 cm³/mol. The molecule has 3 aromatic rings. The van der Waals surface area contributed by atoms with Gasteiger partial charge in [0.2, 0.25) is 0 Å². The van der Waals surface area contributed by atoms with Crippen LogP contribution in [-0.2, 0) is 20.7 Å². The number of aromatic nitrogens is 1. The maximum absolute atomic E-state index is 14.5. The summed E-state index contributed by atoms with van der Waals surface area (Å²) in [5.41, 5.74) is 3.77. The monoisotopic (exact) mass is 551 g/mol. The number of esters is 1. The van der Waals surface area contributed by atoms with E-state index in [1.165, 1.54) is 0 Å². The summed E-state index contributed by atoms with van der Waals surface area (Å²) < 4.78 is 25.0. The molecule has 1 N–H and O–H groups in total. The third-order valence-electron chi connectivity index (χ3n) is 8.02. The highest BCUT2D eigenvalue weighted by molar-refractivity contribution is 5.86. The Hall–Kier alpha value is -3.79. The standard InChI is InChI=1S/C30H36FN4O5/c1-3-39-28(37)18-21-10-13-34(14-11-21)30(38)35(15-12-23(31)19-35)27(36)17-22-8-9-25-26(16-22)40-29(33-25)32-24-7-5-4-6-20(24)2/h4-9,16,21,23H,3,10-15,17-19H2,1-2H3,(H,32,33)/q+1. The molecule has 2 atom stereocenters. The molecule has 2 fully saturated rings. The van der Waals surface area contributed by atoms with E-state index in [4.69, 9.17) is 9.15 Å². The van der Waals surface area contributed by atoms with Gasteiger partial charge in [0.1, 0.15) is 12.1 Å². The summed E-state index contributed by atoms with van der Waals surface area (Å²) >= 11 is 0. The number of anilines is 2. The molecule has 0 spiro atoms. The summed E-state index contributed by atoms with van der Waals surface area (Å²) in [6.45, 7) is 4.99. The summed E-state index contributed by atoms with van der Waals surface area (Å²) in [4.78, 5) is 45.5. The molecule has 2 unspecified atom stereocenters. The van der Waals surface area contributed by atoms with Gasteiger partial charge in [-0.1, -0.05) is 24.3 Å². The van der Waals surface area contributed by atoms with Crippen molar-refractivity contribution >= 4 is 40.7 Å². The number of alkyl halides is 1. The van der Waals surface area contributed by atoms with Crippen LogP contribution in [-0.4, -0.2) is 71.2 Å². The van der Waals surface area contributed by atoms with E-state index in [-0.39, 0.29) is 49.8 Å². The maximum atomic E-state index is 14.5. The number of hydrogen-bond donors (Lipinski definition) is 1. The minimum atomic E-state index is -1.21. The molecule has 0 saturated carbocycles. The van der Waals surface area contributed by atoms with Crippen molar-refractivity contribution in [2.24, 2.45) is 5.92 Å². The zero-order valence-electron chi connectivity index (χ0n) is 23.0. The normalized spacial score (nSPS) is 21.5. The average molecular weight is 552 g/mol. The molecular formula is C30H36FN4O5+. The molecule has 1 aromatic heterocycles. The quantitative estimate of drug-likeness (QED) is 0.314. The summed E-state index contributed by atoms with van der Waals surface area (Å²) in [7, 11) is 0. The largest absolute Gasteiger partial charge is 0.466 e. The van der Waals surface area contributed by atoms with Crippen LogP contribution in [0.2, 0.25) is 0 Å². The smallest absolute Gasteiger partial charge is 0.426 e. The number of likely N-dealkylation sites (tertiary alicyclic amines) is 2. The lowest BCUT2D eigenvalue weighted by molar-refractivity contribution is -0.765. The Morgan fingerprint density at radius 1 is 1.15 bits per heavy atom. The Labute approximate surface area is 232 Å². The lowest BCUT2D eigenvalue weighted by atomic mass is 9.93. The number of imide groups is 1. The molecule has 0 bridgehead atoms. The van der Waals surface area contributed by atoms with E-state index in [9.17, 15) is 18.8 Å². The van der Waals surface area contributed by atoms with Gasteiger partial charge in [-0.25, -0.2) is 14.0 Å². The fraction of sp³-hybridized carbons (Fsp3) is 0.467. The number of carbonyl (C=O) groups is 3. The fourth-order valence-corrected chi connectivity index (χ4v) is 5.73. The number of ether oxygens (including phenoxy) is 1. The van der Waals surface area contributed by atoms with Crippen molar-refractivity contribution in [3.8, 4) is 0 Å². The van der Waals surface area contributed by atoms with Crippen LogP contribution >= 0.6 is 0 Å². The van der Waals surface area contributed by atoms with E-state index in [0.717, 1.165) is 11.3 Å². The highest BCUT2D eigenvalue weighted by Crippen LogP contribution is 2.31. The predicted octanol–water partition coefficient (Wildman–Crippen LogP) is 5.29. The number of halogens is 1. The number of nitrogens with zero attached hydrogens (tertiary/aromatic N) is 3. The summed E-state index contributed by atoms with van der Waals surface area (Å²) in [6.07, 6.45) is 0.577. The van der Waals surface area contributed by atoms with E-state index in [0.29, 0.717) is 61.6 Å². The van der Waals surface area contributed by atoms with Crippen molar-refractivity contribution < 1.29 is 32.4 Å². The summed E-state index contributed by atoms with van der Waals surface area (Å²) in [6, 6.07) is 13.1. The molecule has 212 valence electrons. The van der Waals surface area contributed by atoms with Crippen LogP contribution in [0.15, 0.2) is 46.9 Å². The van der Waals surface area contributed by atoms with Gasteiger partial charge in [-0.05, 0) is 61.9 Å². The number of aryl methyl sites for hydroxylation is 1. The van der Waals surface area contributed by atoms with Gasteiger partial charge in [-0.2, -0.15) is 9.47 Å². The second-order valence-corrected chi connectivity index (χ2v) is 10.8. The van der Waals surface area contributed by atoms with Crippen LogP contribution in [0.4, 0.5) is 20.9 Å². The second-order valence-electron chi connectivity index (χ2n) is 10.8. The van der Waals surface area contributed by atoms with Gasteiger partial charge in [0.15, 0.2) is 11.8 Å². The maximum Gasteiger partial charge on any atom is 0.426 e. The van der Waals surface area contributed by atoms with E-state index >= 15 is 0 Å². The zero-order valence-corrected chi connectivity index (χ0v) is 23.0. The number of quaternary nitrogens is 1. The number of rotatable bonds is 7. The minimum absolute atomic E-state index is 0.0189. The number of oxazole rings is 1. The van der Waals surface area contributed by atoms with Crippen molar-refractivity contribution in [2.45, 2.75) is 52.1 Å². The van der Waals surface area contributed by atoms with Gasteiger partial charge >= 0.3 is 17.9 Å². The molecule has 0 aliphatic carbocycles. The molecule has 2 aliphatic heterocycles. The molecule has 10 heteroatoms. The van der Waals surface area contributed by atoms with Gasteiger partial charge in [0, 0.05) is 31.6 Å². The molecule has 40 heavy (non-hydrogen) atoms. The van der Waals surface area contributed by atoms with Crippen LogP contribution in [0.5, 0.6) is 0 Å². The molecule has 2 aliphatic rings. The Morgan fingerprint density at radius 2 is 1.93 bits per heavy atom. The Kier molecular flexibility index (Phi) is 8.16. The lowest BCUT2D eigenvalue weighted by Gasteiger charge is -2.37. The van der Waals surface area contributed by atoms with E-state index in [1.807, 2.05) is 31.2 Å². The van der Waals surface area contributed by atoms with Gasteiger partial charge in [0.05, 0.1) is 19.6 Å². The Balaban J connectivity index is 1.28. The molecule has 0 radical (unpaired) electrons. The van der Waals surface area contributed by atoms with Crippen LogP contribution in [0.3, 0.4) is 0 Å². The number of nitrogens with one attached hydrogen (secondary N) is 1. The van der Waals surface area contributed by atoms with Crippen molar-refractivity contribution in [1.82, 2.24) is 9.88 Å². The molecule has 9 nitrogen and oxygen atoms in total. The number of carbonyl (C=O) groups excluding carboxylic acids is 3. The number of amides is 3. The third-order valence-corrected chi connectivity index (χ3v) is 8.02. The summed E-state index contributed by atoms with van der Waals surface area (Å²) in [5, 5.41) is 3.18. The molecule has 5 rings (SSSR count). The van der Waals surface area contributed by atoms with Gasteiger partial charge in [-0.3, -0.25) is 9.69 Å². The SMILES string of the molecule is CCOC(=O)CC1CCN(C(=O)[N+]2(C(=O)Cc3ccc4nc(Nc5ccccc5C)oc4c3)CCC(F)C2)CC1. The van der Waals surface area contributed by atoms with Gasteiger partial charge < -0.3 is 14.5 Å². The number of fused-ring (bicyclic) bond motifs is 1. The fourth-order valence-electron chi connectivity index (χ4n) is 5.73. The first-order valence-corrected chi connectivity index (χ1v) is 14.0. The van der Waals surface area contributed by atoms with E-state index < -0.39 is 10.7 Å². The first-order chi connectivity index (χ1) is 19.3. The van der Waals surface area contributed by atoms with E-state index in [2.05, 4.69) is 10.3 Å². The van der Waals surface area contributed by atoms with Crippen molar-refractivity contribution in [3.63, 3.8) is 0 Å². The van der Waals surface area contributed by atoms with Crippen LogP contribution in [0, 0.1) is 12.8 Å². The molecule has 3 heterocycles. The number of piperidine rings is 1. The van der Waals surface area contributed by atoms with Crippen LogP contribution < -0.4 is 5.32 Å². The highest BCUT2D eigenvalue weighted by Gasteiger charge is 2.53. The molecular weight excluding hydrogens is 515 g/mol. The molecule has 3 amide bonds. The lowest BCUT2D eigenvalue weighted by Crippen LogP contribution is -2.62. The second kappa shape index (κ2) is 11.8. The van der Waals surface area contributed by atoms with Crippen LogP contribution in [0.1, 0.15) is 43.7 Å². The van der Waals surface area contributed by atoms with Crippen molar-refractivity contribution in [2.75, 3.05) is 38.1 Å². The van der Waals surface area contributed by atoms with Crippen LogP contribution in [0.25, 0.3) is 11.1 Å². The third kappa shape index (κ3) is 5.86. The molecule has 2 saturated heterocycles. The first kappa shape index (κ1) is 27.8. The average Bonchev–Trinajstić information content (AvgIpc) is 3.53. The van der Waals surface area contributed by atoms with Crippen molar-refractivity contribution in [3.05, 3.63) is 53.6 Å². The Morgan fingerprint density at radius 3 is 2.62 bits per heavy atom. The topological polar surface area (TPSA) is 102 Å². The number of hydrogen-bond acceptors (Lipinski definition) is 7. The molecule has 2 aromatic carbocycles.